The smallest absolute Gasteiger partial charge is 0.262 e. The molecule has 0 heterocycles. The van der Waals surface area contributed by atoms with Crippen LogP contribution in [0.4, 0.5) is 11.4 Å². The Labute approximate surface area is 184 Å². The Hall–Kier alpha value is -3.78. The molecule has 31 heavy (non-hydrogen) atoms. The number of rotatable bonds is 9. The Morgan fingerprint density at radius 1 is 0.806 bits per heavy atom. The summed E-state index contributed by atoms with van der Waals surface area (Å²) in [5.74, 6) is -0.179. The Bertz CT molecular complexity index is 1060. The average Bonchev–Trinajstić information content (AvgIpc) is 2.78. The van der Waals surface area contributed by atoms with Crippen LogP contribution >= 0.6 is 11.8 Å². The third-order valence-electron chi connectivity index (χ3n) is 4.05. The lowest BCUT2D eigenvalue weighted by molar-refractivity contribution is -0.118. The summed E-state index contributed by atoms with van der Waals surface area (Å²) in [4.78, 5) is 36.2. The fourth-order valence-electron chi connectivity index (χ4n) is 2.59. The van der Waals surface area contributed by atoms with Crippen LogP contribution in [0.15, 0.2) is 83.8 Å². The van der Waals surface area contributed by atoms with Crippen LogP contribution in [0.2, 0.25) is 0 Å². The molecule has 0 aliphatic heterocycles. The molecule has 0 bridgehead atoms. The van der Waals surface area contributed by atoms with Gasteiger partial charge in [0.25, 0.3) is 5.91 Å². The molecule has 0 aromatic heterocycles. The molecule has 0 atom stereocenters. The van der Waals surface area contributed by atoms with Gasteiger partial charge in [-0.3, -0.25) is 14.4 Å². The molecular weight excluding hydrogens is 414 g/mol. The third-order valence-corrected chi connectivity index (χ3v) is 5.05. The average molecular weight is 436 g/mol. The summed E-state index contributed by atoms with van der Waals surface area (Å²) in [7, 11) is 0. The van der Waals surface area contributed by atoms with Crippen molar-refractivity contribution in [1.29, 1.82) is 0 Å². The predicted molar refractivity (Wildman–Crippen MR) is 121 cm³/mol. The van der Waals surface area contributed by atoms with Crippen LogP contribution in [0.3, 0.4) is 0 Å². The SMILES string of the molecule is NC(=O)c1ccc(NC(=O)CSc2cccc(NC(=O)COc3ccccc3)c2)cc1. The summed E-state index contributed by atoms with van der Waals surface area (Å²) in [6.45, 7) is -0.0989. The summed E-state index contributed by atoms with van der Waals surface area (Å²) >= 11 is 1.34. The lowest BCUT2D eigenvalue weighted by Crippen LogP contribution is -2.20. The van der Waals surface area contributed by atoms with Crippen molar-refractivity contribution < 1.29 is 19.1 Å². The van der Waals surface area contributed by atoms with E-state index in [-0.39, 0.29) is 24.2 Å². The molecule has 3 rings (SSSR count). The Morgan fingerprint density at radius 3 is 2.23 bits per heavy atom. The van der Waals surface area contributed by atoms with Crippen LogP contribution in [0.5, 0.6) is 5.75 Å². The lowest BCUT2D eigenvalue weighted by atomic mass is 10.2. The van der Waals surface area contributed by atoms with Crippen LogP contribution in [0, 0.1) is 0 Å². The number of hydrogen-bond donors (Lipinski definition) is 3. The molecule has 3 aromatic carbocycles. The zero-order valence-electron chi connectivity index (χ0n) is 16.5. The zero-order chi connectivity index (χ0) is 22.1. The summed E-state index contributed by atoms with van der Waals surface area (Å²) in [5.41, 5.74) is 6.77. The topological polar surface area (TPSA) is 111 Å². The van der Waals surface area contributed by atoms with E-state index in [1.54, 1.807) is 54.6 Å². The summed E-state index contributed by atoms with van der Waals surface area (Å²) in [5, 5.41) is 5.54. The van der Waals surface area contributed by atoms with E-state index in [0.717, 1.165) is 4.90 Å². The molecule has 0 spiro atoms. The van der Waals surface area contributed by atoms with E-state index in [1.165, 1.54) is 11.8 Å². The molecule has 0 saturated carbocycles. The highest BCUT2D eigenvalue weighted by atomic mass is 32.2. The largest absolute Gasteiger partial charge is 0.484 e. The number of anilines is 2. The van der Waals surface area contributed by atoms with E-state index in [4.69, 9.17) is 10.5 Å². The van der Waals surface area contributed by atoms with E-state index in [2.05, 4.69) is 10.6 Å². The fraction of sp³-hybridized carbons (Fsp3) is 0.0870. The minimum Gasteiger partial charge on any atom is -0.484 e. The number of nitrogens with one attached hydrogen (secondary N) is 2. The Kier molecular flexibility index (Phi) is 7.67. The molecule has 7 nitrogen and oxygen atoms in total. The quantitative estimate of drug-likeness (QED) is 0.445. The van der Waals surface area contributed by atoms with Crippen molar-refractivity contribution in [3.8, 4) is 5.75 Å². The first-order valence-electron chi connectivity index (χ1n) is 9.40. The third kappa shape index (κ3) is 7.20. The van der Waals surface area contributed by atoms with Gasteiger partial charge in [0.2, 0.25) is 11.8 Å². The first kappa shape index (κ1) is 21.9. The maximum absolute atomic E-state index is 12.2. The molecule has 0 saturated heterocycles. The fourth-order valence-corrected chi connectivity index (χ4v) is 3.35. The summed E-state index contributed by atoms with van der Waals surface area (Å²) in [6, 6.07) is 22.7. The molecule has 0 fully saturated rings. The number of carbonyl (C=O) groups is 3. The van der Waals surface area contributed by atoms with Crippen molar-refractivity contribution in [2.45, 2.75) is 4.90 Å². The predicted octanol–water partition coefficient (Wildman–Crippen LogP) is 3.53. The van der Waals surface area contributed by atoms with Gasteiger partial charge in [-0.05, 0) is 54.6 Å². The highest BCUT2D eigenvalue weighted by molar-refractivity contribution is 8.00. The van der Waals surface area contributed by atoms with Gasteiger partial charge >= 0.3 is 0 Å². The van der Waals surface area contributed by atoms with Crippen LogP contribution in [0.1, 0.15) is 10.4 Å². The number of para-hydroxylation sites is 1. The minimum absolute atomic E-state index is 0.0989. The lowest BCUT2D eigenvalue weighted by Gasteiger charge is -2.09. The number of ether oxygens (including phenoxy) is 1. The van der Waals surface area contributed by atoms with Crippen molar-refractivity contribution in [2.24, 2.45) is 5.73 Å². The van der Waals surface area contributed by atoms with Crippen molar-refractivity contribution in [3.63, 3.8) is 0 Å². The van der Waals surface area contributed by atoms with Gasteiger partial charge in [-0.25, -0.2) is 0 Å². The Balaban J connectivity index is 1.46. The number of thioether (sulfide) groups is 1. The molecule has 0 aliphatic carbocycles. The molecule has 0 aliphatic rings. The number of primary amides is 1. The van der Waals surface area contributed by atoms with Crippen molar-refractivity contribution in [2.75, 3.05) is 23.0 Å². The first-order valence-corrected chi connectivity index (χ1v) is 10.4. The van der Waals surface area contributed by atoms with Crippen molar-refractivity contribution in [3.05, 3.63) is 84.4 Å². The molecule has 3 aromatic rings. The van der Waals surface area contributed by atoms with Crippen LogP contribution in [0.25, 0.3) is 0 Å². The molecule has 4 N–H and O–H groups in total. The second kappa shape index (κ2) is 10.8. The van der Waals surface area contributed by atoms with Gasteiger partial charge in [-0.1, -0.05) is 24.3 Å². The van der Waals surface area contributed by atoms with E-state index in [9.17, 15) is 14.4 Å². The van der Waals surface area contributed by atoms with E-state index in [0.29, 0.717) is 22.7 Å². The number of amides is 3. The standard InChI is InChI=1S/C23H21N3O4S/c24-23(29)16-9-11-17(12-10-16)25-22(28)15-31-20-8-4-5-18(13-20)26-21(27)14-30-19-6-2-1-3-7-19/h1-13H,14-15H2,(H2,24,29)(H,25,28)(H,26,27). The molecule has 158 valence electrons. The number of hydrogen-bond acceptors (Lipinski definition) is 5. The molecular formula is C23H21N3O4S. The van der Waals surface area contributed by atoms with E-state index >= 15 is 0 Å². The second-order valence-corrected chi connectivity index (χ2v) is 7.50. The highest BCUT2D eigenvalue weighted by Crippen LogP contribution is 2.22. The van der Waals surface area contributed by atoms with Gasteiger partial charge in [0.15, 0.2) is 6.61 Å². The van der Waals surface area contributed by atoms with Gasteiger partial charge in [0.1, 0.15) is 5.75 Å². The monoisotopic (exact) mass is 435 g/mol. The number of nitrogens with two attached hydrogens (primary N) is 1. The Morgan fingerprint density at radius 2 is 1.52 bits per heavy atom. The number of carbonyl (C=O) groups excluding carboxylic acids is 3. The molecule has 8 heteroatoms. The minimum atomic E-state index is -0.521. The van der Waals surface area contributed by atoms with Gasteiger partial charge in [-0.2, -0.15) is 0 Å². The van der Waals surface area contributed by atoms with E-state index < -0.39 is 5.91 Å². The first-order chi connectivity index (χ1) is 15.0. The van der Waals surface area contributed by atoms with Gasteiger partial charge in [0, 0.05) is 21.8 Å². The highest BCUT2D eigenvalue weighted by Gasteiger charge is 2.08. The van der Waals surface area contributed by atoms with Crippen LogP contribution < -0.4 is 21.1 Å². The molecule has 0 radical (unpaired) electrons. The van der Waals surface area contributed by atoms with Crippen molar-refractivity contribution in [1.82, 2.24) is 0 Å². The van der Waals surface area contributed by atoms with Crippen LogP contribution in [-0.2, 0) is 9.59 Å². The second-order valence-electron chi connectivity index (χ2n) is 6.46. The van der Waals surface area contributed by atoms with Gasteiger partial charge in [-0.15, -0.1) is 11.8 Å². The maximum Gasteiger partial charge on any atom is 0.262 e. The summed E-state index contributed by atoms with van der Waals surface area (Å²) < 4.78 is 5.43. The summed E-state index contributed by atoms with van der Waals surface area (Å²) in [6.07, 6.45) is 0. The van der Waals surface area contributed by atoms with Crippen molar-refractivity contribution >= 4 is 40.9 Å². The zero-order valence-corrected chi connectivity index (χ0v) is 17.4. The van der Waals surface area contributed by atoms with Gasteiger partial charge < -0.3 is 21.1 Å². The van der Waals surface area contributed by atoms with E-state index in [1.807, 2.05) is 24.3 Å². The normalized spacial score (nSPS) is 10.2. The maximum atomic E-state index is 12.2. The van der Waals surface area contributed by atoms with Crippen LogP contribution in [-0.4, -0.2) is 30.1 Å². The van der Waals surface area contributed by atoms with Gasteiger partial charge in [0.05, 0.1) is 5.75 Å². The molecule has 3 amide bonds. The molecule has 0 unspecified atom stereocenters. The number of benzene rings is 3.